The zero-order chi connectivity index (χ0) is 10.6. The Labute approximate surface area is 69.0 Å². The number of hydrogen-bond donors (Lipinski definition) is 1. The highest BCUT2D eigenvalue weighted by atomic mass is 19.2. The van der Waals surface area contributed by atoms with Crippen LogP contribution in [0.4, 0.5) is 26.3 Å². The van der Waals surface area contributed by atoms with Crippen molar-refractivity contribution in [1.82, 2.24) is 0 Å². The summed E-state index contributed by atoms with van der Waals surface area (Å²) in [5.74, 6) is -4.29. The van der Waals surface area contributed by atoms with E-state index in [9.17, 15) is 26.3 Å². The molecule has 0 amide bonds. The first kappa shape index (κ1) is 12.0. The first-order chi connectivity index (χ1) is 5.91. The highest BCUT2D eigenvalue weighted by Crippen LogP contribution is 2.36. The number of hydrogen-bond acceptors (Lipinski definition) is 1. The molecule has 0 aromatic carbocycles. The number of halogens is 6. The molecule has 1 aliphatic carbocycles. The average molecular weight is 206 g/mol. The molecule has 1 atom stereocenters. The van der Waals surface area contributed by atoms with Gasteiger partial charge in [0.15, 0.2) is 17.5 Å². The van der Waals surface area contributed by atoms with E-state index in [1.807, 2.05) is 0 Å². The second kappa shape index (κ2) is 4.90. The Morgan fingerprint density at radius 2 is 1.69 bits per heavy atom. The lowest BCUT2D eigenvalue weighted by molar-refractivity contribution is 0.0540. The van der Waals surface area contributed by atoms with Crippen LogP contribution in [0.2, 0.25) is 0 Å². The van der Waals surface area contributed by atoms with Gasteiger partial charge >= 0.3 is 0 Å². The third kappa shape index (κ3) is 3.97. The molecule has 0 aromatic rings. The molecule has 1 aliphatic rings. The van der Waals surface area contributed by atoms with Crippen LogP contribution in [0.5, 0.6) is 0 Å². The smallest absolute Gasteiger partial charge is 0.251 e. The molecule has 0 bridgehead atoms. The molecule has 1 rings (SSSR count). The lowest BCUT2D eigenvalue weighted by Gasteiger charge is -1.89. The molecule has 0 aliphatic heterocycles. The molecule has 0 aromatic heterocycles. The van der Waals surface area contributed by atoms with E-state index in [0.29, 0.717) is 0 Å². The summed E-state index contributed by atoms with van der Waals surface area (Å²) in [6.07, 6.45) is -5.43. The van der Waals surface area contributed by atoms with Crippen LogP contribution in [0.25, 0.3) is 0 Å². The molecular formula is C6H4F6O. The largest absolute Gasteiger partial charge is 0.359 e. The highest BCUT2D eigenvalue weighted by molar-refractivity contribution is 5.31. The fourth-order valence-electron chi connectivity index (χ4n) is 0.200. The fourth-order valence-corrected chi connectivity index (χ4v) is 0.200. The van der Waals surface area contributed by atoms with Crippen molar-refractivity contribution in [2.45, 2.75) is 12.5 Å². The number of allylic oxidation sites excluding steroid dienone is 2. The van der Waals surface area contributed by atoms with Gasteiger partial charge in [-0.15, -0.1) is 0 Å². The van der Waals surface area contributed by atoms with Crippen molar-refractivity contribution in [1.29, 1.82) is 0 Å². The number of aliphatic hydroxyl groups is 1. The Hall–Kier alpha value is -0.980. The Balaban J connectivity index is 0.000000223. The molecule has 1 unspecified atom stereocenters. The van der Waals surface area contributed by atoms with E-state index < -0.39 is 36.3 Å². The van der Waals surface area contributed by atoms with Crippen LogP contribution in [-0.4, -0.2) is 17.6 Å². The van der Waals surface area contributed by atoms with Gasteiger partial charge in [0.25, 0.3) is 6.36 Å². The van der Waals surface area contributed by atoms with Crippen molar-refractivity contribution >= 4 is 0 Å². The number of rotatable bonds is 1. The maximum absolute atomic E-state index is 11.1. The van der Waals surface area contributed by atoms with Gasteiger partial charge in [-0.1, -0.05) is 0 Å². The van der Waals surface area contributed by atoms with Gasteiger partial charge in [0.2, 0.25) is 6.17 Å². The molecule has 0 saturated carbocycles. The van der Waals surface area contributed by atoms with E-state index >= 15 is 0 Å². The fraction of sp³-hybridized carbons (Fsp3) is 0.333. The minimum Gasteiger partial charge on any atom is -0.359 e. The second-order valence-corrected chi connectivity index (χ2v) is 1.89. The van der Waals surface area contributed by atoms with Gasteiger partial charge in [0, 0.05) is 0 Å². The van der Waals surface area contributed by atoms with Crippen LogP contribution in [0.1, 0.15) is 0 Å². The van der Waals surface area contributed by atoms with Crippen molar-refractivity contribution in [3.05, 3.63) is 23.8 Å². The molecule has 0 saturated heterocycles. The Bertz CT molecular complexity index is 221. The standard InChI is InChI=1S/C3H3F3O.C3HF3/c4-1-2(5)3(6)7;4-1-2(5)3(1)6/h1,3,7H;1H. The van der Waals surface area contributed by atoms with Crippen molar-refractivity contribution < 1.29 is 31.4 Å². The predicted molar refractivity (Wildman–Crippen MR) is 31.6 cm³/mol. The Morgan fingerprint density at radius 3 is 1.69 bits per heavy atom. The second-order valence-electron chi connectivity index (χ2n) is 1.89. The number of aliphatic hydroxyl groups excluding tert-OH is 1. The van der Waals surface area contributed by atoms with Crippen LogP contribution in [-0.2, 0) is 0 Å². The monoisotopic (exact) mass is 206 g/mol. The van der Waals surface area contributed by atoms with Crippen LogP contribution in [0.15, 0.2) is 23.8 Å². The molecular weight excluding hydrogens is 202 g/mol. The molecule has 0 radical (unpaired) electrons. The van der Waals surface area contributed by atoms with Crippen LogP contribution in [0, 0.1) is 0 Å². The van der Waals surface area contributed by atoms with Crippen LogP contribution >= 0.6 is 0 Å². The summed E-state index contributed by atoms with van der Waals surface area (Å²) in [4.78, 5) is 0. The van der Waals surface area contributed by atoms with Gasteiger partial charge in [-0.3, -0.25) is 0 Å². The Morgan fingerprint density at radius 1 is 1.38 bits per heavy atom. The maximum Gasteiger partial charge on any atom is 0.251 e. The average Bonchev–Trinajstić information content (AvgIpc) is 2.61. The Kier molecular flexibility index (Phi) is 4.53. The highest BCUT2D eigenvalue weighted by Gasteiger charge is 2.39. The van der Waals surface area contributed by atoms with Gasteiger partial charge in [0.05, 0.1) is 0 Å². The third-order valence-electron chi connectivity index (χ3n) is 0.922. The lowest BCUT2D eigenvalue weighted by Crippen LogP contribution is -1.95. The van der Waals surface area contributed by atoms with E-state index in [0.717, 1.165) is 0 Å². The summed E-state index contributed by atoms with van der Waals surface area (Å²) in [5.41, 5.74) is 0. The van der Waals surface area contributed by atoms with E-state index in [1.54, 1.807) is 0 Å². The maximum atomic E-state index is 11.1. The van der Waals surface area contributed by atoms with Crippen molar-refractivity contribution in [2.75, 3.05) is 0 Å². The first-order valence-electron chi connectivity index (χ1n) is 2.88. The van der Waals surface area contributed by atoms with Gasteiger partial charge in [-0.25, -0.2) is 26.3 Å². The molecule has 13 heavy (non-hydrogen) atoms. The summed E-state index contributed by atoms with van der Waals surface area (Å²) >= 11 is 0. The molecule has 7 heteroatoms. The molecule has 1 nitrogen and oxygen atoms in total. The van der Waals surface area contributed by atoms with E-state index in [1.165, 1.54) is 0 Å². The van der Waals surface area contributed by atoms with Crippen molar-refractivity contribution in [3.63, 3.8) is 0 Å². The zero-order valence-corrected chi connectivity index (χ0v) is 5.95. The SMILES string of the molecule is FC1=C(F)C1F.OC(F)C(F)=CF. The van der Waals surface area contributed by atoms with Gasteiger partial charge in [-0.2, -0.15) is 0 Å². The predicted octanol–water partition coefficient (Wildman–Crippen LogP) is 2.54. The first-order valence-corrected chi connectivity index (χ1v) is 2.88. The molecule has 0 fully saturated rings. The van der Waals surface area contributed by atoms with Crippen molar-refractivity contribution in [2.24, 2.45) is 0 Å². The number of alkyl halides is 2. The molecule has 0 heterocycles. The molecule has 0 spiro atoms. The zero-order valence-electron chi connectivity index (χ0n) is 5.95. The molecule has 1 N–H and O–H groups in total. The van der Waals surface area contributed by atoms with E-state index in [2.05, 4.69) is 0 Å². The summed E-state index contributed by atoms with van der Waals surface area (Å²) in [6.45, 7) is 0. The van der Waals surface area contributed by atoms with Gasteiger partial charge in [-0.05, 0) is 0 Å². The summed E-state index contributed by atoms with van der Waals surface area (Å²) in [7, 11) is 0. The van der Waals surface area contributed by atoms with Crippen molar-refractivity contribution in [3.8, 4) is 0 Å². The minimum absolute atomic E-state index is 0.634. The van der Waals surface area contributed by atoms with Crippen LogP contribution < -0.4 is 0 Å². The molecule has 76 valence electrons. The van der Waals surface area contributed by atoms with Crippen LogP contribution in [0.3, 0.4) is 0 Å². The topological polar surface area (TPSA) is 20.2 Å². The summed E-state index contributed by atoms with van der Waals surface area (Å²) < 4.78 is 65.9. The van der Waals surface area contributed by atoms with E-state index in [-0.39, 0.29) is 0 Å². The summed E-state index contributed by atoms with van der Waals surface area (Å²) in [6, 6.07) is 0. The van der Waals surface area contributed by atoms with Gasteiger partial charge in [0.1, 0.15) is 6.33 Å². The van der Waals surface area contributed by atoms with Gasteiger partial charge < -0.3 is 5.11 Å². The lowest BCUT2D eigenvalue weighted by atomic mass is 10.6. The minimum atomic E-state index is -2.81. The van der Waals surface area contributed by atoms with E-state index in [4.69, 9.17) is 5.11 Å². The third-order valence-corrected chi connectivity index (χ3v) is 0.922. The summed E-state index contributed by atoms with van der Waals surface area (Å²) in [5, 5.41) is 7.47. The quantitative estimate of drug-likeness (QED) is 0.653. The normalized spacial score (nSPS) is 19.5.